The number of primary amides is 1. The van der Waals surface area contributed by atoms with E-state index in [2.05, 4.69) is 22.9 Å². The molecule has 0 radical (unpaired) electrons. The van der Waals surface area contributed by atoms with E-state index in [9.17, 15) is 28.8 Å². The molecule has 75 heavy (non-hydrogen) atoms. The number of ether oxygens (including phenoxy) is 12. The summed E-state index contributed by atoms with van der Waals surface area (Å²) in [5.41, 5.74) is 5.51. The SMILES string of the molecule is CCCCCCCCCCCC(=O)NC(CCCCNC(=O)CCOCCOCCOCCOCCOCCOCCOCCOCCOCCOCCOCCOCCNC(=O)CCN1C(=O)C=CC1=O)C(N)=O. The topological polar surface area (TPSA) is 279 Å². The fourth-order valence-electron chi connectivity index (χ4n) is 6.84. The van der Waals surface area contributed by atoms with E-state index in [-0.39, 0.29) is 43.7 Å². The first-order chi connectivity index (χ1) is 36.7. The van der Waals surface area contributed by atoms with Gasteiger partial charge in [0.15, 0.2) is 0 Å². The lowest BCUT2D eigenvalue weighted by atomic mass is 10.1. The second-order valence-electron chi connectivity index (χ2n) is 17.3. The standard InChI is InChI=1S/C52H95N5O18/c1-2-3-4-5-6-7-8-9-10-14-49(60)56-46(52(53)63)13-11-12-19-54-48(59)18-22-64-24-26-66-28-30-68-32-34-70-36-38-72-40-42-74-44-45-75-43-41-73-39-37-71-35-33-69-31-29-67-27-25-65-23-20-55-47(58)17-21-57-50(61)15-16-51(57)62/h15-16,46H,2-14,17-45H2,1H3,(H2,53,63)(H,54,59)(H,55,58)(H,56,60). The van der Waals surface area contributed by atoms with Crippen LogP contribution in [0.4, 0.5) is 0 Å². The van der Waals surface area contributed by atoms with Crippen LogP contribution in [-0.4, -0.2) is 225 Å². The van der Waals surface area contributed by atoms with Gasteiger partial charge in [0.25, 0.3) is 11.8 Å². The number of nitrogens with two attached hydrogens (primary N) is 1. The van der Waals surface area contributed by atoms with Crippen molar-refractivity contribution in [3.05, 3.63) is 12.2 Å². The van der Waals surface area contributed by atoms with E-state index in [4.69, 9.17) is 62.6 Å². The third-order valence-electron chi connectivity index (χ3n) is 11.0. The molecule has 0 aromatic carbocycles. The zero-order chi connectivity index (χ0) is 54.3. The molecule has 0 saturated heterocycles. The molecule has 23 nitrogen and oxygen atoms in total. The Morgan fingerprint density at radius 1 is 0.413 bits per heavy atom. The molecule has 0 aromatic heterocycles. The van der Waals surface area contributed by atoms with Gasteiger partial charge in [0.2, 0.25) is 23.6 Å². The van der Waals surface area contributed by atoms with Gasteiger partial charge in [-0.1, -0.05) is 58.3 Å². The van der Waals surface area contributed by atoms with Crippen molar-refractivity contribution in [1.82, 2.24) is 20.9 Å². The highest BCUT2D eigenvalue weighted by molar-refractivity contribution is 6.13. The number of nitrogens with zero attached hydrogens (tertiary/aromatic N) is 1. The van der Waals surface area contributed by atoms with Gasteiger partial charge in [0.1, 0.15) is 6.04 Å². The molecular formula is C52H95N5O18. The molecule has 0 bridgehead atoms. The maximum atomic E-state index is 12.3. The highest BCUT2D eigenvalue weighted by Crippen LogP contribution is 2.11. The van der Waals surface area contributed by atoms with Crippen LogP contribution in [0.15, 0.2) is 12.2 Å². The van der Waals surface area contributed by atoms with Crippen molar-refractivity contribution in [3.63, 3.8) is 0 Å². The Bertz CT molecular complexity index is 1430. The maximum absolute atomic E-state index is 12.3. The molecular weight excluding hydrogens is 983 g/mol. The van der Waals surface area contributed by atoms with Gasteiger partial charge in [0.05, 0.1) is 159 Å². The van der Waals surface area contributed by atoms with Gasteiger partial charge in [-0.3, -0.25) is 33.7 Å². The van der Waals surface area contributed by atoms with Gasteiger partial charge in [-0.15, -0.1) is 0 Å². The Hall–Kier alpha value is -3.72. The normalized spacial score (nSPS) is 12.7. The van der Waals surface area contributed by atoms with Crippen LogP contribution < -0.4 is 21.7 Å². The fourth-order valence-corrected chi connectivity index (χ4v) is 6.84. The molecule has 1 atom stereocenters. The molecule has 1 heterocycles. The predicted octanol–water partition coefficient (Wildman–Crippen LogP) is 2.18. The molecule has 0 aromatic rings. The number of carbonyl (C=O) groups excluding carboxylic acids is 6. The molecule has 0 spiro atoms. The van der Waals surface area contributed by atoms with Crippen molar-refractivity contribution < 1.29 is 85.6 Å². The molecule has 0 fully saturated rings. The van der Waals surface area contributed by atoms with Gasteiger partial charge in [0, 0.05) is 51.0 Å². The number of rotatable bonds is 59. The minimum absolute atomic E-state index is 0.0433. The lowest BCUT2D eigenvalue weighted by Crippen LogP contribution is -2.44. The molecule has 1 rings (SSSR count). The highest BCUT2D eigenvalue weighted by Gasteiger charge is 2.23. The van der Waals surface area contributed by atoms with Crippen LogP contribution in [0.3, 0.4) is 0 Å². The summed E-state index contributed by atoms with van der Waals surface area (Å²) in [6.07, 6.45) is 15.4. The number of imide groups is 1. The largest absolute Gasteiger partial charge is 0.379 e. The monoisotopic (exact) mass is 1080 g/mol. The minimum atomic E-state index is -0.692. The van der Waals surface area contributed by atoms with Crippen LogP contribution in [0.2, 0.25) is 0 Å². The average molecular weight is 1080 g/mol. The van der Waals surface area contributed by atoms with Crippen LogP contribution in [0.5, 0.6) is 0 Å². The third-order valence-corrected chi connectivity index (χ3v) is 11.0. The van der Waals surface area contributed by atoms with Crippen molar-refractivity contribution >= 4 is 35.4 Å². The number of hydrogen-bond acceptors (Lipinski definition) is 18. The van der Waals surface area contributed by atoms with Gasteiger partial charge >= 0.3 is 0 Å². The lowest BCUT2D eigenvalue weighted by molar-refractivity contribution is -0.137. The average Bonchev–Trinajstić information content (AvgIpc) is 3.72. The van der Waals surface area contributed by atoms with E-state index in [1.807, 2.05) is 0 Å². The number of unbranched alkanes of at least 4 members (excludes halogenated alkanes) is 9. The molecule has 1 unspecified atom stereocenters. The first kappa shape index (κ1) is 69.3. The molecule has 23 heteroatoms. The Kier molecular flexibility index (Phi) is 49.6. The van der Waals surface area contributed by atoms with Crippen molar-refractivity contribution in [1.29, 1.82) is 0 Å². The molecule has 436 valence electrons. The second-order valence-corrected chi connectivity index (χ2v) is 17.3. The van der Waals surface area contributed by atoms with E-state index in [0.717, 1.165) is 24.2 Å². The summed E-state index contributed by atoms with van der Waals surface area (Å²) in [5.74, 6) is -1.85. The molecule has 1 aliphatic rings. The smallest absolute Gasteiger partial charge is 0.253 e. The predicted molar refractivity (Wildman–Crippen MR) is 278 cm³/mol. The van der Waals surface area contributed by atoms with Gasteiger partial charge in [-0.05, 0) is 25.7 Å². The number of hydrogen-bond donors (Lipinski definition) is 4. The summed E-state index contributed by atoms with van der Waals surface area (Å²) in [6.45, 7) is 13.3. The molecule has 0 aliphatic carbocycles. The zero-order valence-electron chi connectivity index (χ0n) is 45.3. The summed E-state index contributed by atoms with van der Waals surface area (Å²) in [4.78, 5) is 72.1. The summed E-state index contributed by atoms with van der Waals surface area (Å²) in [5, 5.41) is 8.30. The van der Waals surface area contributed by atoms with E-state index < -0.39 is 23.8 Å². The maximum Gasteiger partial charge on any atom is 0.253 e. The Balaban J connectivity index is 1.70. The molecule has 0 saturated carbocycles. The zero-order valence-corrected chi connectivity index (χ0v) is 45.3. The number of carbonyl (C=O) groups is 6. The quantitative estimate of drug-likeness (QED) is 0.0502. The van der Waals surface area contributed by atoms with Crippen molar-refractivity contribution in [3.8, 4) is 0 Å². The summed E-state index contributed by atoms with van der Waals surface area (Å²) < 4.78 is 65.8. The van der Waals surface area contributed by atoms with Crippen molar-refractivity contribution in [2.45, 2.75) is 109 Å². The van der Waals surface area contributed by atoms with Crippen molar-refractivity contribution in [2.24, 2.45) is 5.73 Å². The fraction of sp³-hybridized carbons (Fsp3) is 0.846. The van der Waals surface area contributed by atoms with Gasteiger partial charge < -0.3 is 78.5 Å². The number of amides is 6. The number of nitrogens with one attached hydrogen (secondary N) is 3. The molecule has 1 aliphatic heterocycles. The summed E-state index contributed by atoms with van der Waals surface area (Å²) in [6, 6.07) is -0.692. The molecule has 6 amide bonds. The van der Waals surface area contributed by atoms with E-state index in [0.29, 0.717) is 191 Å². The summed E-state index contributed by atoms with van der Waals surface area (Å²) >= 11 is 0. The minimum Gasteiger partial charge on any atom is -0.379 e. The van der Waals surface area contributed by atoms with Crippen LogP contribution >= 0.6 is 0 Å². The van der Waals surface area contributed by atoms with E-state index in [1.54, 1.807) is 0 Å². The van der Waals surface area contributed by atoms with Crippen LogP contribution in [0, 0.1) is 0 Å². The lowest BCUT2D eigenvalue weighted by Gasteiger charge is -2.15. The van der Waals surface area contributed by atoms with Gasteiger partial charge in [-0.25, -0.2) is 0 Å². The highest BCUT2D eigenvalue weighted by atomic mass is 16.6. The first-order valence-electron chi connectivity index (χ1n) is 27.3. The molecule has 5 N–H and O–H groups in total. The summed E-state index contributed by atoms with van der Waals surface area (Å²) in [7, 11) is 0. The third kappa shape index (κ3) is 47.2. The van der Waals surface area contributed by atoms with Crippen molar-refractivity contribution in [2.75, 3.05) is 178 Å². The Morgan fingerprint density at radius 3 is 1.16 bits per heavy atom. The Morgan fingerprint density at radius 2 is 0.760 bits per heavy atom. The van der Waals surface area contributed by atoms with E-state index in [1.165, 1.54) is 50.7 Å². The van der Waals surface area contributed by atoms with Crippen LogP contribution in [0.25, 0.3) is 0 Å². The van der Waals surface area contributed by atoms with E-state index >= 15 is 0 Å². The van der Waals surface area contributed by atoms with Crippen LogP contribution in [0.1, 0.15) is 103 Å². The van der Waals surface area contributed by atoms with Gasteiger partial charge in [-0.2, -0.15) is 0 Å². The Labute approximate surface area is 446 Å². The van der Waals surface area contributed by atoms with Crippen LogP contribution in [-0.2, 0) is 85.6 Å². The second kappa shape index (κ2) is 53.7. The first-order valence-corrected chi connectivity index (χ1v) is 27.3.